The molecule has 0 radical (unpaired) electrons. The maximum absolute atomic E-state index is 12.2. The second-order valence-corrected chi connectivity index (χ2v) is 5.47. The summed E-state index contributed by atoms with van der Waals surface area (Å²) >= 11 is 0. The van der Waals surface area contributed by atoms with Crippen LogP contribution in [0.25, 0.3) is 6.08 Å². The number of amides is 1. The summed E-state index contributed by atoms with van der Waals surface area (Å²) in [6, 6.07) is 5.27. The summed E-state index contributed by atoms with van der Waals surface area (Å²) in [7, 11) is 4.52. The van der Waals surface area contributed by atoms with E-state index in [9.17, 15) is 10.1 Å². The zero-order chi connectivity index (χ0) is 18.2. The van der Waals surface area contributed by atoms with Gasteiger partial charge in [0.05, 0.1) is 27.4 Å². The number of hydrogen-bond donors (Lipinski definition) is 1. The third-order valence-electron chi connectivity index (χ3n) is 3.88. The Labute approximate surface area is 147 Å². The average Bonchev–Trinajstić information content (AvgIpc) is 3.16. The second kappa shape index (κ2) is 8.94. The highest BCUT2D eigenvalue weighted by atomic mass is 16.5. The Kier molecular flexibility index (Phi) is 6.66. The van der Waals surface area contributed by atoms with E-state index in [4.69, 9.17) is 18.9 Å². The van der Waals surface area contributed by atoms with Crippen LogP contribution >= 0.6 is 0 Å². The number of rotatable bonds is 7. The first-order valence-electron chi connectivity index (χ1n) is 7.94. The van der Waals surface area contributed by atoms with Gasteiger partial charge >= 0.3 is 0 Å². The Morgan fingerprint density at radius 1 is 1.32 bits per heavy atom. The molecule has 134 valence electrons. The summed E-state index contributed by atoms with van der Waals surface area (Å²) < 4.78 is 21.3. The molecule has 1 heterocycles. The molecule has 0 aliphatic carbocycles. The van der Waals surface area contributed by atoms with E-state index in [1.165, 1.54) is 27.4 Å². The van der Waals surface area contributed by atoms with E-state index in [0.717, 1.165) is 12.8 Å². The van der Waals surface area contributed by atoms with Gasteiger partial charge in [0, 0.05) is 13.2 Å². The monoisotopic (exact) mass is 346 g/mol. The lowest BCUT2D eigenvalue weighted by molar-refractivity contribution is -0.117. The minimum absolute atomic E-state index is 0.00716. The van der Waals surface area contributed by atoms with Crippen LogP contribution in [-0.4, -0.2) is 46.5 Å². The van der Waals surface area contributed by atoms with E-state index in [1.807, 2.05) is 6.07 Å². The summed E-state index contributed by atoms with van der Waals surface area (Å²) in [5, 5.41) is 12.0. The van der Waals surface area contributed by atoms with Crippen LogP contribution in [0.2, 0.25) is 0 Å². The van der Waals surface area contributed by atoms with Crippen molar-refractivity contribution in [3.8, 4) is 23.3 Å². The fourth-order valence-electron chi connectivity index (χ4n) is 2.61. The molecule has 1 aliphatic rings. The normalized spacial score (nSPS) is 16.9. The molecule has 1 amide bonds. The van der Waals surface area contributed by atoms with Gasteiger partial charge in [-0.25, -0.2) is 0 Å². The Balaban J connectivity index is 2.20. The number of nitrogens with one attached hydrogen (secondary N) is 1. The maximum atomic E-state index is 12.2. The molecule has 2 rings (SSSR count). The molecule has 25 heavy (non-hydrogen) atoms. The predicted octanol–water partition coefficient (Wildman–Crippen LogP) is 1.91. The first-order valence-corrected chi connectivity index (χ1v) is 7.94. The van der Waals surface area contributed by atoms with Gasteiger partial charge in [0.1, 0.15) is 11.6 Å². The fraction of sp³-hybridized carbons (Fsp3) is 0.444. The van der Waals surface area contributed by atoms with Gasteiger partial charge in [0.2, 0.25) is 5.75 Å². The van der Waals surface area contributed by atoms with Crippen LogP contribution in [0.1, 0.15) is 18.4 Å². The van der Waals surface area contributed by atoms with Crippen LogP contribution in [0.3, 0.4) is 0 Å². The molecule has 1 aromatic rings. The highest BCUT2D eigenvalue weighted by Crippen LogP contribution is 2.38. The quantitative estimate of drug-likeness (QED) is 0.599. The molecule has 1 aromatic carbocycles. The summed E-state index contributed by atoms with van der Waals surface area (Å²) in [5.74, 6) is 0.908. The van der Waals surface area contributed by atoms with Crippen LogP contribution in [0.15, 0.2) is 17.7 Å². The lowest BCUT2D eigenvalue weighted by atomic mass is 10.1. The highest BCUT2D eigenvalue weighted by molar-refractivity contribution is 6.01. The molecule has 1 aliphatic heterocycles. The van der Waals surface area contributed by atoms with E-state index < -0.39 is 5.91 Å². The summed E-state index contributed by atoms with van der Waals surface area (Å²) in [6.07, 6.45) is 3.41. The number of hydrogen-bond acceptors (Lipinski definition) is 6. The minimum atomic E-state index is -0.438. The van der Waals surface area contributed by atoms with Gasteiger partial charge in [-0.1, -0.05) is 0 Å². The highest BCUT2D eigenvalue weighted by Gasteiger charge is 2.18. The van der Waals surface area contributed by atoms with Gasteiger partial charge in [-0.3, -0.25) is 4.79 Å². The molecule has 0 unspecified atom stereocenters. The first kappa shape index (κ1) is 18.6. The molecule has 7 heteroatoms. The van der Waals surface area contributed by atoms with Crippen molar-refractivity contribution in [1.82, 2.24) is 5.32 Å². The zero-order valence-corrected chi connectivity index (χ0v) is 14.6. The number of nitrogens with zero attached hydrogens (tertiary/aromatic N) is 1. The summed E-state index contributed by atoms with van der Waals surface area (Å²) in [4.78, 5) is 12.2. The topological polar surface area (TPSA) is 89.8 Å². The predicted molar refractivity (Wildman–Crippen MR) is 91.7 cm³/mol. The van der Waals surface area contributed by atoms with Crippen LogP contribution in [0.5, 0.6) is 17.2 Å². The molecule has 0 spiro atoms. The van der Waals surface area contributed by atoms with E-state index in [-0.39, 0.29) is 11.7 Å². The Hall–Kier alpha value is -2.72. The van der Waals surface area contributed by atoms with Crippen molar-refractivity contribution in [3.05, 3.63) is 23.3 Å². The van der Waals surface area contributed by atoms with E-state index in [1.54, 1.807) is 12.1 Å². The molecule has 0 bridgehead atoms. The Morgan fingerprint density at radius 3 is 2.48 bits per heavy atom. The third-order valence-corrected chi connectivity index (χ3v) is 3.88. The van der Waals surface area contributed by atoms with Crippen molar-refractivity contribution in [3.63, 3.8) is 0 Å². The summed E-state index contributed by atoms with van der Waals surface area (Å²) in [5.41, 5.74) is 0.589. The van der Waals surface area contributed by atoms with E-state index >= 15 is 0 Å². The SMILES string of the molecule is COc1cc(/C=C(/C#N)C(=O)NC[C@H]2CCCO2)cc(OC)c1OC. The van der Waals surface area contributed by atoms with Gasteiger partial charge in [0.15, 0.2) is 11.5 Å². The van der Waals surface area contributed by atoms with Crippen molar-refractivity contribution in [2.75, 3.05) is 34.5 Å². The third kappa shape index (κ3) is 4.64. The van der Waals surface area contributed by atoms with Gasteiger partial charge in [-0.15, -0.1) is 0 Å². The molecular formula is C18H22N2O5. The number of carbonyl (C=O) groups is 1. The molecule has 0 saturated carbocycles. The first-order chi connectivity index (χ1) is 12.1. The Bertz CT molecular complexity index is 662. The summed E-state index contributed by atoms with van der Waals surface area (Å²) in [6.45, 7) is 1.11. The lowest BCUT2D eigenvalue weighted by Crippen LogP contribution is -2.32. The van der Waals surface area contributed by atoms with E-state index in [0.29, 0.717) is 36.0 Å². The molecule has 7 nitrogen and oxygen atoms in total. The number of ether oxygens (including phenoxy) is 4. The van der Waals surface area contributed by atoms with Gasteiger partial charge < -0.3 is 24.3 Å². The van der Waals surface area contributed by atoms with Crippen LogP contribution < -0.4 is 19.5 Å². The average molecular weight is 346 g/mol. The second-order valence-electron chi connectivity index (χ2n) is 5.47. The standard InChI is InChI=1S/C18H22N2O5/c1-22-15-8-12(9-16(23-2)17(15)24-3)7-13(10-19)18(21)20-11-14-5-4-6-25-14/h7-9,14H,4-6,11H2,1-3H3,(H,20,21)/b13-7-/t14-/m1/s1. The fourth-order valence-corrected chi connectivity index (χ4v) is 2.61. The Morgan fingerprint density at radius 2 is 2.00 bits per heavy atom. The molecule has 1 fully saturated rings. The van der Waals surface area contributed by atoms with Gasteiger partial charge in [-0.05, 0) is 36.6 Å². The molecule has 1 saturated heterocycles. The van der Waals surface area contributed by atoms with Crippen molar-refractivity contribution < 1.29 is 23.7 Å². The zero-order valence-electron chi connectivity index (χ0n) is 14.6. The lowest BCUT2D eigenvalue weighted by Gasteiger charge is -2.13. The number of carbonyl (C=O) groups excluding carboxylic acids is 1. The van der Waals surface area contributed by atoms with Crippen LogP contribution in [-0.2, 0) is 9.53 Å². The number of nitriles is 1. The molecule has 1 N–H and O–H groups in total. The molecule has 1 atom stereocenters. The van der Waals surface area contributed by atoms with E-state index in [2.05, 4.69) is 5.32 Å². The minimum Gasteiger partial charge on any atom is -0.493 e. The smallest absolute Gasteiger partial charge is 0.262 e. The van der Waals surface area contributed by atoms with Crippen LogP contribution in [0.4, 0.5) is 0 Å². The maximum Gasteiger partial charge on any atom is 0.262 e. The largest absolute Gasteiger partial charge is 0.493 e. The number of methoxy groups -OCH3 is 3. The van der Waals surface area contributed by atoms with Crippen molar-refractivity contribution in [1.29, 1.82) is 5.26 Å². The van der Waals surface area contributed by atoms with Crippen molar-refractivity contribution >= 4 is 12.0 Å². The van der Waals surface area contributed by atoms with Crippen molar-refractivity contribution in [2.24, 2.45) is 0 Å². The van der Waals surface area contributed by atoms with Crippen molar-refractivity contribution in [2.45, 2.75) is 18.9 Å². The van der Waals surface area contributed by atoms with Gasteiger partial charge in [-0.2, -0.15) is 5.26 Å². The molecular weight excluding hydrogens is 324 g/mol. The number of benzene rings is 1. The van der Waals surface area contributed by atoms with Gasteiger partial charge in [0.25, 0.3) is 5.91 Å². The van der Waals surface area contributed by atoms with Crippen LogP contribution in [0, 0.1) is 11.3 Å². The molecule has 0 aromatic heterocycles.